The summed E-state index contributed by atoms with van der Waals surface area (Å²) < 4.78 is 7.16. The van der Waals surface area contributed by atoms with Crippen molar-refractivity contribution < 1.29 is 9.90 Å². The van der Waals surface area contributed by atoms with Crippen LogP contribution in [0.4, 0.5) is 10.6 Å². The quantitative estimate of drug-likeness (QED) is 0.622. The lowest BCUT2D eigenvalue weighted by Gasteiger charge is -2.31. The number of anilines is 1. The van der Waals surface area contributed by atoms with Crippen molar-refractivity contribution in [2.24, 2.45) is 0 Å². The average molecular weight is 401 g/mol. The van der Waals surface area contributed by atoms with E-state index in [1.54, 1.807) is 24.7 Å². The van der Waals surface area contributed by atoms with Gasteiger partial charge in [-0.2, -0.15) is 4.37 Å². The molecule has 0 spiro atoms. The third kappa shape index (κ3) is 3.85. The van der Waals surface area contributed by atoms with Gasteiger partial charge in [0, 0.05) is 5.39 Å². The van der Waals surface area contributed by atoms with Crippen molar-refractivity contribution in [2.75, 3.05) is 5.32 Å². The van der Waals surface area contributed by atoms with E-state index in [0.717, 1.165) is 35.8 Å². The van der Waals surface area contributed by atoms with Crippen molar-refractivity contribution >= 4 is 33.5 Å². The van der Waals surface area contributed by atoms with Crippen LogP contribution in [0.25, 0.3) is 10.1 Å². The van der Waals surface area contributed by atoms with E-state index in [9.17, 15) is 9.90 Å². The number of carbonyl (C=O) groups is 1. The maximum atomic E-state index is 12.6. The molecule has 28 heavy (non-hydrogen) atoms. The normalized spacial score (nSPS) is 20.2. The minimum Gasteiger partial charge on any atom is -0.384 e. The van der Waals surface area contributed by atoms with Crippen LogP contribution in [0.2, 0.25) is 0 Å². The highest BCUT2D eigenvalue weighted by Gasteiger charge is 2.30. The minimum absolute atomic E-state index is 0.00952. The molecule has 8 nitrogen and oxygen atoms in total. The molecule has 0 radical (unpaired) electrons. The molecule has 1 fully saturated rings. The van der Waals surface area contributed by atoms with E-state index in [4.69, 9.17) is 0 Å². The molecule has 4 rings (SSSR count). The Morgan fingerprint density at radius 3 is 2.86 bits per heavy atom. The number of benzene rings is 1. The van der Waals surface area contributed by atoms with Gasteiger partial charge in [-0.3, -0.25) is 5.32 Å². The Morgan fingerprint density at radius 1 is 1.29 bits per heavy atom. The summed E-state index contributed by atoms with van der Waals surface area (Å²) in [5, 5.41) is 25.3. The number of carbonyl (C=O) groups excluding carboxylic acids is 1. The number of aliphatic hydroxyl groups is 1. The topological polar surface area (TPSA) is 105 Å². The van der Waals surface area contributed by atoms with Crippen molar-refractivity contribution in [3.8, 4) is 0 Å². The fourth-order valence-corrected chi connectivity index (χ4v) is 4.34. The van der Waals surface area contributed by atoms with E-state index in [2.05, 4.69) is 25.3 Å². The first-order valence-electron chi connectivity index (χ1n) is 9.48. The monoisotopic (exact) mass is 400 g/mol. The highest BCUT2D eigenvalue weighted by atomic mass is 32.1. The van der Waals surface area contributed by atoms with E-state index in [0.29, 0.717) is 11.5 Å². The first kappa shape index (κ1) is 18.8. The highest BCUT2D eigenvalue weighted by molar-refractivity contribution is 7.13. The number of amides is 2. The van der Waals surface area contributed by atoms with Gasteiger partial charge in [0.2, 0.25) is 0 Å². The highest BCUT2D eigenvalue weighted by Crippen LogP contribution is 2.30. The summed E-state index contributed by atoms with van der Waals surface area (Å²) in [6.07, 6.45) is 5.66. The SMILES string of the molecule is CC(C)(O)c1cn([C@@H]2CCCC[C@@H]2NC(=O)Nc2nsc3ccccc23)nn1. The van der Waals surface area contributed by atoms with Gasteiger partial charge in [0.15, 0.2) is 5.82 Å². The molecule has 1 saturated carbocycles. The molecule has 2 heterocycles. The molecule has 2 atom stereocenters. The second-order valence-corrected chi connectivity index (χ2v) is 8.53. The molecule has 2 amide bonds. The van der Waals surface area contributed by atoms with Gasteiger partial charge in [-0.1, -0.05) is 30.2 Å². The van der Waals surface area contributed by atoms with Crippen LogP contribution in [0.3, 0.4) is 0 Å². The molecule has 1 aliphatic carbocycles. The van der Waals surface area contributed by atoms with Gasteiger partial charge in [-0.15, -0.1) is 5.10 Å². The predicted molar refractivity (Wildman–Crippen MR) is 108 cm³/mol. The van der Waals surface area contributed by atoms with Crippen LogP contribution in [0.15, 0.2) is 30.5 Å². The number of urea groups is 1. The summed E-state index contributed by atoms with van der Waals surface area (Å²) in [7, 11) is 0. The Balaban J connectivity index is 1.47. The summed E-state index contributed by atoms with van der Waals surface area (Å²) in [4.78, 5) is 12.6. The molecule has 0 saturated heterocycles. The maximum absolute atomic E-state index is 12.6. The Morgan fingerprint density at radius 2 is 2.07 bits per heavy atom. The van der Waals surface area contributed by atoms with E-state index in [1.165, 1.54) is 11.5 Å². The third-order valence-corrected chi connectivity index (χ3v) is 5.96. The number of rotatable bonds is 4. The van der Waals surface area contributed by atoms with Crippen LogP contribution < -0.4 is 10.6 Å². The molecular formula is C19H24N6O2S. The van der Waals surface area contributed by atoms with Gasteiger partial charge in [-0.25, -0.2) is 9.48 Å². The van der Waals surface area contributed by atoms with Crippen LogP contribution in [0.1, 0.15) is 51.3 Å². The van der Waals surface area contributed by atoms with Gasteiger partial charge < -0.3 is 10.4 Å². The van der Waals surface area contributed by atoms with E-state index in [-0.39, 0.29) is 18.1 Å². The summed E-state index contributed by atoms with van der Waals surface area (Å²) in [6.45, 7) is 3.37. The van der Waals surface area contributed by atoms with E-state index in [1.807, 2.05) is 24.3 Å². The molecular weight excluding hydrogens is 376 g/mol. The molecule has 1 aliphatic rings. The van der Waals surface area contributed by atoms with Crippen LogP contribution in [-0.2, 0) is 5.60 Å². The molecule has 3 N–H and O–H groups in total. The van der Waals surface area contributed by atoms with Crippen molar-refractivity contribution in [1.29, 1.82) is 0 Å². The number of aromatic nitrogens is 4. The Hall–Kier alpha value is -2.52. The van der Waals surface area contributed by atoms with Gasteiger partial charge in [0.1, 0.15) is 11.3 Å². The van der Waals surface area contributed by atoms with Crippen molar-refractivity contribution in [1.82, 2.24) is 24.7 Å². The molecule has 0 bridgehead atoms. The predicted octanol–water partition coefficient (Wildman–Crippen LogP) is 3.42. The second-order valence-electron chi connectivity index (χ2n) is 7.73. The largest absolute Gasteiger partial charge is 0.384 e. The van der Waals surface area contributed by atoms with Crippen molar-refractivity contribution in [3.05, 3.63) is 36.2 Å². The molecule has 1 aromatic carbocycles. The minimum atomic E-state index is -1.04. The lowest BCUT2D eigenvalue weighted by atomic mass is 9.90. The molecule has 0 unspecified atom stereocenters. The van der Waals surface area contributed by atoms with E-state index >= 15 is 0 Å². The van der Waals surface area contributed by atoms with Gasteiger partial charge in [0.05, 0.1) is 23.0 Å². The first-order chi connectivity index (χ1) is 13.4. The maximum Gasteiger partial charge on any atom is 0.320 e. The fourth-order valence-electron chi connectivity index (χ4n) is 3.60. The summed E-state index contributed by atoms with van der Waals surface area (Å²) in [5.74, 6) is 0.579. The zero-order chi connectivity index (χ0) is 19.7. The van der Waals surface area contributed by atoms with Crippen molar-refractivity contribution in [3.63, 3.8) is 0 Å². The smallest absolute Gasteiger partial charge is 0.320 e. The Kier molecular flexibility index (Phi) is 5.03. The lowest BCUT2D eigenvalue weighted by molar-refractivity contribution is 0.0736. The van der Waals surface area contributed by atoms with E-state index < -0.39 is 5.60 Å². The number of hydrogen-bond acceptors (Lipinski definition) is 6. The number of nitrogens with one attached hydrogen (secondary N) is 2. The van der Waals surface area contributed by atoms with Crippen LogP contribution in [0, 0.1) is 0 Å². The van der Waals surface area contributed by atoms with Gasteiger partial charge >= 0.3 is 6.03 Å². The second kappa shape index (κ2) is 7.48. The number of nitrogens with zero attached hydrogens (tertiary/aromatic N) is 4. The Bertz CT molecular complexity index is 976. The zero-order valence-electron chi connectivity index (χ0n) is 15.9. The first-order valence-corrected chi connectivity index (χ1v) is 10.3. The standard InChI is InChI=1S/C19H24N6O2S/c1-19(2,27)16-11-25(24-22-16)14-9-5-4-8-13(14)20-18(26)21-17-12-7-3-6-10-15(12)28-23-17/h3,6-7,10-11,13-14,27H,4-5,8-9H2,1-2H3,(H2,20,21,23,26)/t13-,14+/m0/s1. The molecule has 2 aromatic heterocycles. The van der Waals surface area contributed by atoms with Crippen molar-refractivity contribution in [2.45, 2.75) is 57.2 Å². The molecule has 9 heteroatoms. The lowest BCUT2D eigenvalue weighted by Crippen LogP contribution is -2.45. The summed E-state index contributed by atoms with van der Waals surface area (Å²) >= 11 is 1.37. The number of fused-ring (bicyclic) bond motifs is 1. The van der Waals surface area contributed by atoms with Crippen LogP contribution in [0.5, 0.6) is 0 Å². The average Bonchev–Trinajstić information content (AvgIpc) is 3.30. The Labute approximate surface area is 167 Å². The fraction of sp³-hybridized carbons (Fsp3) is 0.474. The summed E-state index contributed by atoms with van der Waals surface area (Å²) in [6, 6.07) is 7.50. The van der Waals surface area contributed by atoms with Gasteiger partial charge in [0.25, 0.3) is 0 Å². The molecule has 3 aromatic rings. The van der Waals surface area contributed by atoms with Gasteiger partial charge in [-0.05, 0) is 50.4 Å². The third-order valence-electron chi connectivity index (χ3n) is 5.13. The molecule has 148 valence electrons. The van der Waals surface area contributed by atoms with Crippen LogP contribution >= 0.6 is 11.5 Å². The zero-order valence-corrected chi connectivity index (χ0v) is 16.7. The number of hydrogen-bond donors (Lipinski definition) is 3. The van der Waals surface area contributed by atoms with Crippen LogP contribution in [-0.4, -0.2) is 36.5 Å². The summed E-state index contributed by atoms with van der Waals surface area (Å²) in [5.41, 5.74) is -0.519. The molecule has 0 aliphatic heterocycles.